The van der Waals surface area contributed by atoms with Crippen molar-refractivity contribution in [2.45, 2.75) is 9.92 Å². The maximum atomic E-state index is 13.5. The van der Waals surface area contributed by atoms with Gasteiger partial charge in [-0.25, -0.2) is 9.37 Å². The average Bonchev–Trinajstić information content (AvgIpc) is 2.41. The van der Waals surface area contributed by atoms with Crippen LogP contribution in [0.3, 0.4) is 0 Å². The predicted molar refractivity (Wildman–Crippen MR) is 67.3 cm³/mol. The molecule has 0 unspecified atom stereocenters. The Morgan fingerprint density at radius 2 is 2.00 bits per heavy atom. The van der Waals surface area contributed by atoms with Crippen molar-refractivity contribution in [3.05, 3.63) is 54.0 Å². The van der Waals surface area contributed by atoms with Crippen LogP contribution in [0.4, 0.5) is 4.39 Å². The van der Waals surface area contributed by atoms with Crippen molar-refractivity contribution in [3.8, 4) is 0 Å². The summed E-state index contributed by atoms with van der Waals surface area (Å²) < 4.78 is 13.5. The van der Waals surface area contributed by atoms with E-state index in [1.807, 2.05) is 0 Å². The topological polar surface area (TPSA) is 71.5 Å². The molecular formula is C12H10FN3OS. The molecular weight excluding hydrogens is 253 g/mol. The second kappa shape index (κ2) is 5.50. The molecule has 2 rings (SSSR count). The number of nitrogens with two attached hydrogens (primary N) is 1. The van der Waals surface area contributed by atoms with Gasteiger partial charge in [0.1, 0.15) is 16.5 Å². The van der Waals surface area contributed by atoms with Crippen LogP contribution in [-0.4, -0.2) is 16.0 Å². The van der Waals surface area contributed by atoms with Gasteiger partial charge in [0.05, 0.1) is 0 Å². The van der Waals surface area contributed by atoms with E-state index in [4.69, 9.17) is 10.9 Å². The zero-order chi connectivity index (χ0) is 13.0. The Morgan fingerprint density at radius 3 is 2.72 bits per heavy atom. The molecule has 0 saturated heterocycles. The zero-order valence-electron chi connectivity index (χ0n) is 9.25. The highest BCUT2D eigenvalue weighted by Gasteiger charge is 2.06. The van der Waals surface area contributed by atoms with Crippen molar-refractivity contribution in [1.82, 2.24) is 4.98 Å². The number of rotatable bonds is 3. The molecule has 0 saturated carbocycles. The minimum atomic E-state index is -0.307. The standard InChI is InChI=1S/C12H10FN3OS/c13-8-4-1-2-6-10(8)18-11-7-3-5-9(15-11)12(14)16-17/h1-7,17H,(H2,14,16). The van der Waals surface area contributed by atoms with E-state index < -0.39 is 0 Å². The first-order valence-corrected chi connectivity index (χ1v) is 5.89. The van der Waals surface area contributed by atoms with Crippen molar-refractivity contribution < 1.29 is 9.60 Å². The zero-order valence-corrected chi connectivity index (χ0v) is 10.1. The van der Waals surface area contributed by atoms with Crippen LogP contribution < -0.4 is 5.73 Å². The smallest absolute Gasteiger partial charge is 0.188 e. The lowest BCUT2D eigenvalue weighted by molar-refractivity contribution is 0.318. The summed E-state index contributed by atoms with van der Waals surface area (Å²) in [6.07, 6.45) is 0. The Labute approximate surface area is 107 Å². The van der Waals surface area contributed by atoms with E-state index in [0.29, 0.717) is 15.6 Å². The number of oxime groups is 1. The molecule has 0 aliphatic rings. The third kappa shape index (κ3) is 2.78. The summed E-state index contributed by atoms with van der Waals surface area (Å²) in [7, 11) is 0. The summed E-state index contributed by atoms with van der Waals surface area (Å²) in [6, 6.07) is 11.5. The Kier molecular flexibility index (Phi) is 3.78. The van der Waals surface area contributed by atoms with Crippen molar-refractivity contribution in [2.75, 3.05) is 0 Å². The molecule has 2 aromatic rings. The highest BCUT2D eigenvalue weighted by Crippen LogP contribution is 2.28. The van der Waals surface area contributed by atoms with Crippen LogP contribution in [0.25, 0.3) is 0 Å². The average molecular weight is 263 g/mol. The third-order valence-corrected chi connectivity index (χ3v) is 3.13. The van der Waals surface area contributed by atoms with Crippen molar-refractivity contribution >= 4 is 17.6 Å². The molecule has 0 aliphatic carbocycles. The van der Waals surface area contributed by atoms with Gasteiger partial charge < -0.3 is 10.9 Å². The van der Waals surface area contributed by atoms with Gasteiger partial charge in [-0.05, 0) is 24.3 Å². The fraction of sp³-hybridized carbons (Fsp3) is 0. The van der Waals surface area contributed by atoms with Gasteiger partial charge in [0.15, 0.2) is 5.84 Å². The first kappa shape index (κ1) is 12.4. The van der Waals surface area contributed by atoms with Crippen LogP contribution in [0, 0.1) is 5.82 Å². The lowest BCUT2D eigenvalue weighted by atomic mass is 10.3. The van der Waals surface area contributed by atoms with Gasteiger partial charge >= 0.3 is 0 Å². The lowest BCUT2D eigenvalue weighted by Gasteiger charge is -2.04. The normalized spacial score (nSPS) is 11.5. The number of amidine groups is 1. The van der Waals surface area contributed by atoms with E-state index in [9.17, 15) is 4.39 Å². The molecule has 0 amide bonds. The van der Waals surface area contributed by atoms with Crippen LogP contribution >= 0.6 is 11.8 Å². The number of benzene rings is 1. The van der Waals surface area contributed by atoms with Crippen LogP contribution in [0.15, 0.2) is 57.5 Å². The highest BCUT2D eigenvalue weighted by atomic mass is 32.2. The van der Waals surface area contributed by atoms with Gasteiger partial charge in [0.2, 0.25) is 0 Å². The van der Waals surface area contributed by atoms with E-state index >= 15 is 0 Å². The van der Waals surface area contributed by atoms with Gasteiger partial charge in [-0.1, -0.05) is 35.1 Å². The second-order valence-corrected chi connectivity index (χ2v) is 4.44. The second-order valence-electron chi connectivity index (χ2n) is 3.38. The van der Waals surface area contributed by atoms with Gasteiger partial charge in [0.25, 0.3) is 0 Å². The molecule has 0 bridgehead atoms. The Balaban J connectivity index is 2.28. The third-order valence-electron chi connectivity index (χ3n) is 2.14. The summed E-state index contributed by atoms with van der Waals surface area (Å²) in [5, 5.41) is 12.0. The minimum Gasteiger partial charge on any atom is -0.409 e. The summed E-state index contributed by atoms with van der Waals surface area (Å²) >= 11 is 1.18. The summed E-state index contributed by atoms with van der Waals surface area (Å²) in [5.41, 5.74) is 5.79. The molecule has 1 heterocycles. The van der Waals surface area contributed by atoms with E-state index in [-0.39, 0.29) is 11.7 Å². The fourth-order valence-corrected chi connectivity index (χ4v) is 2.13. The Bertz CT molecular complexity index is 589. The van der Waals surface area contributed by atoms with Crippen LogP contribution in [0.5, 0.6) is 0 Å². The van der Waals surface area contributed by atoms with E-state index in [1.165, 1.54) is 17.8 Å². The molecule has 18 heavy (non-hydrogen) atoms. The first-order valence-electron chi connectivity index (χ1n) is 5.08. The van der Waals surface area contributed by atoms with Crippen LogP contribution in [0.1, 0.15) is 5.69 Å². The van der Waals surface area contributed by atoms with Crippen molar-refractivity contribution in [2.24, 2.45) is 10.9 Å². The SMILES string of the molecule is NC(=NO)c1cccc(Sc2ccccc2F)n1. The highest BCUT2D eigenvalue weighted by molar-refractivity contribution is 7.99. The van der Waals surface area contributed by atoms with Gasteiger partial charge in [0, 0.05) is 4.90 Å². The Morgan fingerprint density at radius 1 is 1.22 bits per heavy atom. The molecule has 6 heteroatoms. The fourth-order valence-electron chi connectivity index (χ4n) is 1.31. The van der Waals surface area contributed by atoms with Crippen LogP contribution in [0.2, 0.25) is 0 Å². The maximum Gasteiger partial charge on any atom is 0.188 e. The number of hydrogen-bond acceptors (Lipinski definition) is 4. The number of aromatic nitrogens is 1. The van der Waals surface area contributed by atoms with Gasteiger partial charge in [-0.2, -0.15) is 0 Å². The van der Waals surface area contributed by atoms with Gasteiger partial charge in [-0.15, -0.1) is 0 Å². The molecule has 4 nitrogen and oxygen atoms in total. The summed E-state index contributed by atoms with van der Waals surface area (Å²) in [6.45, 7) is 0. The number of hydrogen-bond donors (Lipinski definition) is 2. The van der Waals surface area contributed by atoms with Crippen LogP contribution in [-0.2, 0) is 0 Å². The molecule has 0 fully saturated rings. The van der Waals surface area contributed by atoms with E-state index in [1.54, 1.807) is 36.4 Å². The largest absolute Gasteiger partial charge is 0.409 e. The molecule has 92 valence electrons. The molecule has 1 aromatic heterocycles. The monoisotopic (exact) mass is 263 g/mol. The molecule has 0 aliphatic heterocycles. The number of pyridine rings is 1. The van der Waals surface area contributed by atoms with Crippen molar-refractivity contribution in [1.29, 1.82) is 0 Å². The Hall–Kier alpha value is -2.08. The summed E-state index contributed by atoms with van der Waals surface area (Å²) in [5.74, 6) is -0.385. The maximum absolute atomic E-state index is 13.5. The lowest BCUT2D eigenvalue weighted by Crippen LogP contribution is -2.14. The minimum absolute atomic E-state index is 0.0778. The first-order chi connectivity index (χ1) is 8.70. The molecule has 0 spiro atoms. The number of halogens is 1. The molecule has 1 aromatic carbocycles. The van der Waals surface area contributed by atoms with E-state index in [2.05, 4.69) is 10.1 Å². The quantitative estimate of drug-likeness (QED) is 0.386. The molecule has 3 N–H and O–H groups in total. The van der Waals surface area contributed by atoms with Gasteiger partial charge in [-0.3, -0.25) is 0 Å². The van der Waals surface area contributed by atoms with E-state index in [0.717, 1.165) is 0 Å². The molecule has 0 atom stereocenters. The van der Waals surface area contributed by atoms with Crippen molar-refractivity contribution in [3.63, 3.8) is 0 Å². The molecule has 0 radical (unpaired) electrons. The predicted octanol–water partition coefficient (Wildman–Crippen LogP) is 2.47. The summed E-state index contributed by atoms with van der Waals surface area (Å²) in [4.78, 5) is 4.63. The number of nitrogens with zero attached hydrogens (tertiary/aromatic N) is 2.